The Morgan fingerprint density at radius 1 is 0.315 bits per heavy atom. The Morgan fingerprint density at radius 2 is 0.554 bits per heavy atom. The van der Waals surface area contributed by atoms with Gasteiger partial charge in [0.15, 0.2) is 12.2 Å². The highest BCUT2D eigenvalue weighted by Crippen LogP contribution is 2.45. The van der Waals surface area contributed by atoms with Crippen molar-refractivity contribution in [3.05, 3.63) is 0 Å². The topological polar surface area (TPSA) is 237 Å². The number of aliphatic hydroxyl groups is 1. The van der Waals surface area contributed by atoms with Crippen LogP contribution in [0.15, 0.2) is 0 Å². The molecule has 0 radical (unpaired) electrons. The van der Waals surface area contributed by atoms with Crippen LogP contribution in [0.5, 0.6) is 0 Å². The number of aliphatic hydroxyl groups excluding tert-OH is 1. The molecular weight excluding hydrogens is 1210 g/mol. The summed E-state index contributed by atoms with van der Waals surface area (Å²) in [5.41, 5.74) is 0. The highest BCUT2D eigenvalue weighted by Gasteiger charge is 2.30. The standard InChI is InChI=1S/C73H142O17P2/c1-8-11-12-13-14-15-16-17-18-22-25-28-31-40-47-54-70(75)83-60-68(89-72(77)56-49-42-32-29-26-23-20-19-21-24-27-30-38-45-52-65(6)9-2)62-87-91(79,80)85-58-67(74)59-86-92(81,82)88-63-69(61-84-71(76)55-48-41-35-33-37-44-51-64(4)5)90-73(78)57-50-43-36-34-39-46-53-66(7)10-3/h64-69,74H,8-63H2,1-7H3,(H,79,80)(H,81,82)/t65?,66?,67-,68-,69-/m1/s1. The molecule has 0 amide bonds. The average molecular weight is 1350 g/mol. The third-order valence-electron chi connectivity index (χ3n) is 17.6. The predicted molar refractivity (Wildman–Crippen MR) is 372 cm³/mol. The van der Waals surface area contributed by atoms with Crippen molar-refractivity contribution in [2.75, 3.05) is 39.6 Å². The molecule has 0 aliphatic carbocycles. The van der Waals surface area contributed by atoms with Gasteiger partial charge >= 0.3 is 39.5 Å². The molecule has 4 unspecified atom stereocenters. The number of carbonyl (C=O) groups excluding carboxylic acids is 4. The van der Waals surface area contributed by atoms with Crippen LogP contribution in [0.1, 0.15) is 370 Å². The molecule has 0 aliphatic heterocycles. The second kappa shape index (κ2) is 63.8. The second-order valence-electron chi connectivity index (χ2n) is 27.3. The van der Waals surface area contributed by atoms with E-state index in [1.807, 2.05) is 0 Å². The van der Waals surface area contributed by atoms with Crippen LogP contribution in [-0.2, 0) is 65.4 Å². The van der Waals surface area contributed by atoms with Crippen molar-refractivity contribution in [2.24, 2.45) is 17.8 Å². The third kappa shape index (κ3) is 64.1. The van der Waals surface area contributed by atoms with Crippen LogP contribution >= 0.6 is 15.6 Å². The Morgan fingerprint density at radius 3 is 0.826 bits per heavy atom. The van der Waals surface area contributed by atoms with E-state index in [0.717, 1.165) is 108 Å². The fourth-order valence-corrected chi connectivity index (χ4v) is 12.6. The highest BCUT2D eigenvalue weighted by molar-refractivity contribution is 7.47. The minimum atomic E-state index is -4.96. The van der Waals surface area contributed by atoms with Crippen LogP contribution in [0.25, 0.3) is 0 Å². The monoisotopic (exact) mass is 1350 g/mol. The molecular formula is C73H142O17P2. The largest absolute Gasteiger partial charge is 0.472 e. The molecule has 0 aromatic carbocycles. The van der Waals surface area contributed by atoms with Crippen molar-refractivity contribution >= 4 is 39.5 Å². The van der Waals surface area contributed by atoms with Crippen LogP contribution in [-0.4, -0.2) is 96.7 Å². The highest BCUT2D eigenvalue weighted by atomic mass is 31.2. The summed E-state index contributed by atoms with van der Waals surface area (Å²) in [6, 6.07) is 0. The van der Waals surface area contributed by atoms with Crippen LogP contribution in [0.2, 0.25) is 0 Å². The number of phosphoric ester groups is 2. The van der Waals surface area contributed by atoms with Gasteiger partial charge in [-0.3, -0.25) is 37.3 Å². The van der Waals surface area contributed by atoms with Gasteiger partial charge in [0.2, 0.25) is 0 Å². The zero-order valence-electron chi connectivity index (χ0n) is 60.0. The molecule has 0 saturated heterocycles. The van der Waals surface area contributed by atoms with Crippen molar-refractivity contribution in [3.8, 4) is 0 Å². The first-order valence-electron chi connectivity index (χ1n) is 37.9. The summed E-state index contributed by atoms with van der Waals surface area (Å²) in [6.07, 6.45) is 48.7. The second-order valence-corrected chi connectivity index (χ2v) is 30.2. The van der Waals surface area contributed by atoms with Crippen LogP contribution in [0.4, 0.5) is 0 Å². The van der Waals surface area contributed by atoms with E-state index in [9.17, 15) is 43.2 Å². The average Bonchev–Trinajstić information content (AvgIpc) is 1.63. The first-order valence-corrected chi connectivity index (χ1v) is 40.9. The molecule has 0 aromatic heterocycles. The Hall–Kier alpha value is -1.94. The smallest absolute Gasteiger partial charge is 0.462 e. The number of carbonyl (C=O) groups is 4. The Kier molecular flexibility index (Phi) is 62.4. The van der Waals surface area contributed by atoms with E-state index in [0.29, 0.717) is 31.6 Å². The molecule has 3 N–H and O–H groups in total. The molecule has 0 rings (SSSR count). The summed E-state index contributed by atoms with van der Waals surface area (Å²) < 4.78 is 68.3. The molecule has 0 aliphatic rings. The number of hydrogen-bond donors (Lipinski definition) is 3. The molecule has 0 heterocycles. The third-order valence-corrected chi connectivity index (χ3v) is 19.5. The molecule has 7 atom stereocenters. The molecule has 0 spiro atoms. The van der Waals surface area contributed by atoms with Gasteiger partial charge in [-0.15, -0.1) is 0 Å². The van der Waals surface area contributed by atoms with Gasteiger partial charge in [-0.25, -0.2) is 9.13 Å². The van der Waals surface area contributed by atoms with Crippen molar-refractivity contribution in [3.63, 3.8) is 0 Å². The molecule has 19 heteroatoms. The molecule has 92 heavy (non-hydrogen) atoms. The van der Waals surface area contributed by atoms with Crippen LogP contribution in [0.3, 0.4) is 0 Å². The first-order chi connectivity index (χ1) is 44.3. The lowest BCUT2D eigenvalue weighted by molar-refractivity contribution is -0.161. The van der Waals surface area contributed by atoms with E-state index < -0.39 is 97.5 Å². The summed E-state index contributed by atoms with van der Waals surface area (Å²) in [5, 5.41) is 10.6. The minimum Gasteiger partial charge on any atom is -0.462 e. The minimum absolute atomic E-state index is 0.102. The Bertz CT molecular complexity index is 1810. The zero-order valence-corrected chi connectivity index (χ0v) is 61.8. The number of phosphoric acid groups is 2. The molecule has 546 valence electrons. The van der Waals surface area contributed by atoms with Crippen molar-refractivity contribution in [1.82, 2.24) is 0 Å². The van der Waals surface area contributed by atoms with Gasteiger partial charge in [0.1, 0.15) is 19.3 Å². The van der Waals surface area contributed by atoms with Gasteiger partial charge < -0.3 is 33.8 Å². The number of esters is 4. The maximum Gasteiger partial charge on any atom is 0.472 e. The molecule has 0 saturated carbocycles. The Labute approximate surface area is 562 Å². The van der Waals surface area contributed by atoms with Crippen LogP contribution < -0.4 is 0 Å². The SMILES string of the molecule is CCCCCCCCCCCCCCCCCC(=O)OC[C@H](COP(=O)(O)OC[C@@H](O)COP(=O)(O)OC[C@@H](COC(=O)CCCCCCCCC(C)C)OC(=O)CCCCCCCCC(C)CC)OC(=O)CCCCCCCCCCCCCCCCC(C)CC. The summed E-state index contributed by atoms with van der Waals surface area (Å²) >= 11 is 0. The van der Waals surface area contributed by atoms with E-state index in [1.165, 1.54) is 173 Å². The van der Waals surface area contributed by atoms with E-state index >= 15 is 0 Å². The maximum absolute atomic E-state index is 13.1. The summed E-state index contributed by atoms with van der Waals surface area (Å²) in [7, 11) is -9.90. The molecule has 0 bridgehead atoms. The van der Waals surface area contributed by atoms with Gasteiger partial charge in [-0.1, -0.05) is 318 Å². The van der Waals surface area contributed by atoms with Crippen molar-refractivity contribution in [1.29, 1.82) is 0 Å². The normalized spacial score (nSPS) is 14.7. The molecule has 17 nitrogen and oxygen atoms in total. The molecule has 0 fully saturated rings. The van der Waals surface area contributed by atoms with E-state index in [1.54, 1.807) is 0 Å². The van der Waals surface area contributed by atoms with E-state index in [-0.39, 0.29) is 25.7 Å². The number of hydrogen-bond acceptors (Lipinski definition) is 15. The van der Waals surface area contributed by atoms with Gasteiger partial charge in [0.05, 0.1) is 26.4 Å². The number of ether oxygens (including phenoxy) is 4. The lowest BCUT2D eigenvalue weighted by Crippen LogP contribution is -2.30. The fraction of sp³-hybridized carbons (Fsp3) is 0.945. The summed E-state index contributed by atoms with van der Waals surface area (Å²) in [6.45, 7) is 11.8. The van der Waals surface area contributed by atoms with E-state index in [4.69, 9.17) is 37.0 Å². The van der Waals surface area contributed by atoms with Crippen molar-refractivity contribution in [2.45, 2.75) is 388 Å². The predicted octanol–water partition coefficient (Wildman–Crippen LogP) is 21.0. The first kappa shape index (κ1) is 90.1. The van der Waals surface area contributed by atoms with Gasteiger partial charge in [-0.2, -0.15) is 0 Å². The summed E-state index contributed by atoms with van der Waals surface area (Å²) in [4.78, 5) is 72.6. The molecule has 0 aromatic rings. The zero-order chi connectivity index (χ0) is 68.0. The lowest BCUT2D eigenvalue weighted by Gasteiger charge is -2.21. The van der Waals surface area contributed by atoms with Gasteiger partial charge in [0.25, 0.3) is 0 Å². The number of rotatable bonds is 71. The van der Waals surface area contributed by atoms with Gasteiger partial charge in [0, 0.05) is 25.7 Å². The summed E-state index contributed by atoms with van der Waals surface area (Å²) in [5.74, 6) is 0.119. The van der Waals surface area contributed by atoms with Crippen molar-refractivity contribution < 1.29 is 80.2 Å². The number of unbranched alkanes of at least 4 members (excludes halogenated alkanes) is 37. The quantitative estimate of drug-likeness (QED) is 0.0222. The van der Waals surface area contributed by atoms with Crippen LogP contribution in [0, 0.1) is 17.8 Å². The maximum atomic E-state index is 13.1. The van der Waals surface area contributed by atoms with E-state index in [2.05, 4.69) is 48.5 Å². The van der Waals surface area contributed by atoms with Gasteiger partial charge in [-0.05, 0) is 43.4 Å². The lowest BCUT2D eigenvalue weighted by atomic mass is 9.99. The Balaban J connectivity index is 5.23. The fourth-order valence-electron chi connectivity index (χ4n) is 11.0.